The van der Waals surface area contributed by atoms with Crippen molar-refractivity contribution in [2.75, 3.05) is 0 Å². The molecule has 0 atom stereocenters. The first-order chi connectivity index (χ1) is 28.8. The SMILES string of the molecule is [O-][Cl+3]([O-])([O-])O.[O-][Cl+3]([O-])([O-])O.c1ccc(-c2cc(-c3ccccc3)[n+](CC[n+]3c(-c4ccccc4)cc(-c4ccccc4)cc3-c3ccccc3)c(-c3ccccc3)c2)cc1. The van der Waals surface area contributed by atoms with Gasteiger partial charge in [-0.3, -0.25) is 0 Å². The second-order valence-corrected chi connectivity index (χ2v) is 14.9. The predicted octanol–water partition coefficient (Wildman–Crippen LogP) is 2.72. The minimum Gasteiger partial charge on any atom is -0.185 e. The fourth-order valence-electron chi connectivity index (χ4n) is 6.91. The van der Waals surface area contributed by atoms with E-state index in [1.807, 2.05) is 0 Å². The Morgan fingerprint density at radius 1 is 0.283 bits per heavy atom. The van der Waals surface area contributed by atoms with Gasteiger partial charge in [0.1, 0.15) is 0 Å². The zero-order valence-corrected chi connectivity index (χ0v) is 33.6. The third-order valence-electron chi connectivity index (χ3n) is 9.37. The molecule has 0 unspecified atom stereocenters. The van der Waals surface area contributed by atoms with E-state index in [-0.39, 0.29) is 0 Å². The van der Waals surface area contributed by atoms with Crippen LogP contribution >= 0.6 is 0 Å². The molecule has 2 heterocycles. The molecule has 12 heteroatoms. The second-order valence-electron chi connectivity index (χ2n) is 13.3. The molecule has 0 amide bonds. The lowest BCUT2D eigenvalue weighted by Gasteiger charge is -2.15. The Kier molecular flexibility index (Phi) is 14.7. The van der Waals surface area contributed by atoms with Crippen molar-refractivity contribution in [2.24, 2.45) is 0 Å². The monoisotopic (exact) mass is 842 g/mol. The van der Waals surface area contributed by atoms with Crippen molar-refractivity contribution >= 4 is 0 Å². The molecule has 0 saturated heterocycles. The first kappa shape index (κ1) is 43.5. The largest absolute Gasteiger partial charge is 0.213 e. The lowest BCUT2D eigenvalue weighted by molar-refractivity contribution is -1.92. The summed E-state index contributed by atoms with van der Waals surface area (Å²) < 4.78 is 70.5. The Morgan fingerprint density at radius 2 is 0.450 bits per heavy atom. The van der Waals surface area contributed by atoms with Crippen LogP contribution in [-0.4, -0.2) is 9.32 Å². The molecule has 0 aliphatic heterocycles. The molecule has 10 nitrogen and oxygen atoms in total. The molecule has 0 spiro atoms. The topological polar surface area (TPSA) is 187 Å². The number of hydrogen-bond donors (Lipinski definition) is 2. The molecule has 302 valence electrons. The highest BCUT2D eigenvalue weighted by Crippen LogP contribution is 2.31. The lowest BCUT2D eigenvalue weighted by Crippen LogP contribution is -2.58. The third kappa shape index (κ3) is 12.7. The van der Waals surface area contributed by atoms with Crippen LogP contribution in [0, 0.1) is 20.5 Å². The van der Waals surface area contributed by atoms with Gasteiger partial charge in [0.15, 0.2) is 0 Å². The third-order valence-corrected chi connectivity index (χ3v) is 9.37. The van der Waals surface area contributed by atoms with Gasteiger partial charge in [0.2, 0.25) is 35.9 Å². The molecular weight excluding hydrogens is 803 g/mol. The van der Waals surface area contributed by atoms with Crippen molar-refractivity contribution in [3.63, 3.8) is 0 Å². The van der Waals surface area contributed by atoms with Crippen molar-refractivity contribution in [1.82, 2.24) is 0 Å². The van der Waals surface area contributed by atoms with E-state index in [1.165, 1.54) is 67.3 Å². The number of pyridine rings is 2. The zero-order valence-electron chi connectivity index (χ0n) is 32.0. The smallest absolute Gasteiger partial charge is 0.185 e. The quantitative estimate of drug-likeness (QED) is 0.208. The van der Waals surface area contributed by atoms with Crippen LogP contribution < -0.4 is 37.1 Å². The van der Waals surface area contributed by atoms with Gasteiger partial charge < -0.3 is 0 Å². The number of rotatable bonds is 9. The molecule has 0 radical (unpaired) electrons. The Balaban J connectivity index is 0.000000543. The molecular formula is C48H40Cl2N2O8+2. The number of benzene rings is 6. The maximum atomic E-state index is 8.60. The zero-order chi connectivity index (χ0) is 42.5. The van der Waals surface area contributed by atoms with Crippen molar-refractivity contribution in [3.05, 3.63) is 206 Å². The van der Waals surface area contributed by atoms with Gasteiger partial charge >= 0.3 is 0 Å². The van der Waals surface area contributed by atoms with Gasteiger partial charge in [-0.1, -0.05) is 133 Å². The normalized spacial score (nSPS) is 11.1. The van der Waals surface area contributed by atoms with Crippen LogP contribution in [0.2, 0.25) is 0 Å². The summed E-state index contributed by atoms with van der Waals surface area (Å²) in [5, 5.41) is 0. The van der Waals surface area contributed by atoms with Crippen LogP contribution in [0.3, 0.4) is 0 Å². The summed E-state index contributed by atoms with van der Waals surface area (Å²) in [6.07, 6.45) is 0. The van der Waals surface area contributed by atoms with Gasteiger partial charge in [-0.25, -0.2) is 0 Å². The van der Waals surface area contributed by atoms with Crippen molar-refractivity contribution in [2.45, 2.75) is 13.1 Å². The standard InChI is InChI=1S/C48H38N2.2ClHO4/c1-7-19-37(20-8-1)43-33-45(39-23-11-3-12-24-39)49(46(34-43)40-25-13-4-14-26-40)31-32-50-47(41-27-15-5-16-28-41)35-44(38-21-9-2-10-22-38)36-48(50)42-29-17-6-18-30-42;2*2-1(3,4)5/h1-30,33-36H,31-32H2;2*(H,2,3,4,5)/q+2;;. The van der Waals surface area contributed by atoms with E-state index < -0.39 is 20.5 Å². The first-order valence-electron chi connectivity index (χ1n) is 18.6. The predicted molar refractivity (Wildman–Crippen MR) is 210 cm³/mol. The Hall–Kier alpha value is -6.12. The molecule has 8 rings (SSSR count). The molecule has 0 aliphatic carbocycles. The van der Waals surface area contributed by atoms with Crippen LogP contribution in [0.4, 0.5) is 0 Å². The van der Waals surface area contributed by atoms with E-state index in [1.54, 1.807) is 0 Å². The van der Waals surface area contributed by atoms with E-state index in [0.29, 0.717) is 0 Å². The molecule has 8 aromatic rings. The fraction of sp³-hybridized carbons (Fsp3) is 0.0417. The summed E-state index contributed by atoms with van der Waals surface area (Å²) in [6, 6.07) is 74.1. The van der Waals surface area contributed by atoms with Crippen LogP contribution in [0.15, 0.2) is 206 Å². The van der Waals surface area contributed by atoms with Crippen molar-refractivity contribution < 1.29 is 66.9 Å². The molecule has 0 bridgehead atoms. The number of hydrogen-bond acceptors (Lipinski definition) is 8. The average molecular weight is 844 g/mol. The van der Waals surface area contributed by atoms with Gasteiger partial charge in [0, 0.05) is 46.5 Å². The summed E-state index contributed by atoms with van der Waals surface area (Å²) in [6.45, 7) is 1.52. The van der Waals surface area contributed by atoms with Crippen LogP contribution in [0.25, 0.3) is 67.3 Å². The number of aromatic nitrogens is 2. The summed E-state index contributed by atoms with van der Waals surface area (Å²) in [4.78, 5) is 0. The Labute approximate surface area is 352 Å². The molecule has 0 fully saturated rings. The van der Waals surface area contributed by atoms with Gasteiger partial charge in [0.05, 0.1) is 29.8 Å². The summed E-state index contributed by atoms with van der Waals surface area (Å²) in [7, 11) is -9.39. The first-order valence-corrected chi connectivity index (χ1v) is 21.1. The average Bonchev–Trinajstić information content (AvgIpc) is 3.26. The van der Waals surface area contributed by atoms with Crippen LogP contribution in [0.5, 0.6) is 0 Å². The fourth-order valence-corrected chi connectivity index (χ4v) is 6.91. The Morgan fingerprint density at radius 3 is 0.633 bits per heavy atom. The van der Waals surface area contributed by atoms with Crippen LogP contribution in [-0.2, 0) is 13.1 Å². The molecule has 2 aromatic heterocycles. The maximum Gasteiger partial charge on any atom is 0.213 e. The van der Waals surface area contributed by atoms with Crippen molar-refractivity contribution in [1.29, 1.82) is 0 Å². The summed E-state index contributed by atoms with van der Waals surface area (Å²) in [5.41, 5.74) is 14.3. The van der Waals surface area contributed by atoms with Gasteiger partial charge in [0.25, 0.3) is 0 Å². The van der Waals surface area contributed by atoms with Gasteiger partial charge in [-0.2, -0.15) is 37.1 Å². The maximum absolute atomic E-state index is 8.60. The molecule has 2 N–H and O–H groups in total. The highest BCUT2D eigenvalue weighted by molar-refractivity contribution is 5.75. The molecule has 0 aliphatic rings. The van der Waals surface area contributed by atoms with E-state index in [4.69, 9.17) is 37.3 Å². The highest BCUT2D eigenvalue weighted by atomic mass is 35.7. The lowest BCUT2D eigenvalue weighted by atomic mass is 9.98. The minimum atomic E-state index is -4.69. The molecule has 0 saturated carbocycles. The van der Waals surface area contributed by atoms with E-state index in [2.05, 4.69) is 215 Å². The number of nitrogens with zero attached hydrogens (tertiary/aromatic N) is 2. The summed E-state index contributed by atoms with van der Waals surface area (Å²) >= 11 is 0. The van der Waals surface area contributed by atoms with Gasteiger partial charge in [-0.15, -0.1) is 0 Å². The minimum absolute atomic E-state index is 0.762. The highest BCUT2D eigenvalue weighted by Gasteiger charge is 2.28. The van der Waals surface area contributed by atoms with Crippen LogP contribution in [0.1, 0.15) is 0 Å². The van der Waals surface area contributed by atoms with Gasteiger partial charge in [-0.05, 0) is 70.8 Å². The molecule has 60 heavy (non-hydrogen) atoms. The van der Waals surface area contributed by atoms with E-state index in [0.717, 1.165) is 13.1 Å². The van der Waals surface area contributed by atoms with E-state index >= 15 is 0 Å². The van der Waals surface area contributed by atoms with Crippen molar-refractivity contribution in [3.8, 4) is 67.3 Å². The Bertz CT molecular complexity index is 2250. The second kappa shape index (κ2) is 20.2. The number of halogens is 2. The molecule has 6 aromatic carbocycles. The van der Waals surface area contributed by atoms with E-state index in [9.17, 15) is 0 Å². The summed E-state index contributed by atoms with van der Waals surface area (Å²) in [5.74, 6) is 0.